The Hall–Kier alpha value is -3.55. The van der Waals surface area contributed by atoms with Crippen LogP contribution in [-0.2, 0) is 0 Å². The molecule has 8 heteroatoms. The first-order valence-corrected chi connectivity index (χ1v) is 9.13. The van der Waals surface area contributed by atoms with E-state index >= 15 is 0 Å². The van der Waals surface area contributed by atoms with Crippen molar-refractivity contribution in [3.63, 3.8) is 0 Å². The topological polar surface area (TPSA) is 111 Å². The van der Waals surface area contributed by atoms with Gasteiger partial charge in [-0.15, -0.1) is 10.2 Å². The fraction of sp³-hybridized carbons (Fsp3) is 0.250. The number of rotatable bonds is 4. The van der Waals surface area contributed by atoms with E-state index < -0.39 is 0 Å². The second kappa shape index (κ2) is 7.59. The molecule has 1 aliphatic heterocycles. The summed E-state index contributed by atoms with van der Waals surface area (Å²) in [5.41, 5.74) is 0.646. The molecule has 1 saturated heterocycles. The van der Waals surface area contributed by atoms with Crippen molar-refractivity contribution in [2.75, 3.05) is 13.1 Å². The summed E-state index contributed by atoms with van der Waals surface area (Å²) in [5, 5.41) is 26.8. The van der Waals surface area contributed by atoms with Crippen molar-refractivity contribution in [2.24, 2.45) is 10.2 Å². The smallest absolute Gasteiger partial charge is 0.257 e. The normalized spacial score (nSPS) is 14.6. The maximum absolute atomic E-state index is 13.0. The highest BCUT2D eigenvalue weighted by Gasteiger charge is 2.24. The van der Waals surface area contributed by atoms with E-state index in [-0.39, 0.29) is 34.3 Å². The number of fused-ring (bicyclic) bond motifs is 1. The van der Waals surface area contributed by atoms with Crippen LogP contribution in [0.4, 0.5) is 11.5 Å². The number of azo groups is 1. The lowest BCUT2D eigenvalue weighted by Gasteiger charge is -2.27. The Kier molecular flexibility index (Phi) is 4.84. The Morgan fingerprint density at radius 2 is 1.96 bits per heavy atom. The fourth-order valence-corrected chi connectivity index (χ4v) is 3.40. The number of carbonyl (C=O) groups is 2. The van der Waals surface area contributed by atoms with Crippen LogP contribution >= 0.6 is 0 Å². The Bertz CT molecular complexity index is 1070. The zero-order valence-corrected chi connectivity index (χ0v) is 15.1. The molecule has 142 valence electrons. The molecule has 0 saturated carbocycles. The molecular weight excluding hydrogens is 358 g/mol. The molecule has 8 nitrogen and oxygen atoms in total. The van der Waals surface area contributed by atoms with Crippen molar-refractivity contribution in [2.45, 2.75) is 19.3 Å². The zero-order valence-electron chi connectivity index (χ0n) is 15.1. The number of aromatic amines is 1. The van der Waals surface area contributed by atoms with Gasteiger partial charge in [0.25, 0.3) is 5.91 Å². The first kappa shape index (κ1) is 17.8. The van der Waals surface area contributed by atoms with Crippen molar-refractivity contribution in [1.82, 2.24) is 15.1 Å². The van der Waals surface area contributed by atoms with E-state index in [9.17, 15) is 14.7 Å². The summed E-state index contributed by atoms with van der Waals surface area (Å²) in [6.07, 6.45) is 4.99. The maximum atomic E-state index is 13.0. The quantitative estimate of drug-likeness (QED) is 0.526. The summed E-state index contributed by atoms with van der Waals surface area (Å²) in [5.74, 6) is -0.244. The summed E-state index contributed by atoms with van der Waals surface area (Å²) < 4.78 is 0. The number of nitrogens with zero attached hydrogens (tertiary/aromatic N) is 4. The molecule has 0 spiro atoms. The SMILES string of the molecule is O=Cc1cn[nH]c1N=Nc1c(O)c(C(=O)N2CCCCC2)cc2ccccc12. The molecule has 1 amide bonds. The van der Waals surface area contributed by atoms with Gasteiger partial charge < -0.3 is 10.0 Å². The summed E-state index contributed by atoms with van der Waals surface area (Å²) in [7, 11) is 0. The second-order valence-electron chi connectivity index (χ2n) is 6.69. The van der Waals surface area contributed by atoms with Gasteiger partial charge in [0.1, 0.15) is 5.69 Å². The van der Waals surface area contributed by atoms with Crippen LogP contribution in [0.2, 0.25) is 0 Å². The number of hydrogen-bond acceptors (Lipinski definition) is 6. The maximum Gasteiger partial charge on any atom is 0.257 e. The van der Waals surface area contributed by atoms with Gasteiger partial charge in [0.2, 0.25) is 0 Å². The second-order valence-corrected chi connectivity index (χ2v) is 6.69. The third-order valence-electron chi connectivity index (χ3n) is 4.89. The van der Waals surface area contributed by atoms with Crippen LogP contribution in [0.5, 0.6) is 5.75 Å². The monoisotopic (exact) mass is 377 g/mol. The lowest BCUT2D eigenvalue weighted by molar-refractivity contribution is 0.0721. The number of phenols is 1. The minimum absolute atomic E-state index is 0.185. The molecule has 28 heavy (non-hydrogen) atoms. The van der Waals surface area contributed by atoms with Crippen LogP contribution < -0.4 is 0 Å². The van der Waals surface area contributed by atoms with Crippen molar-refractivity contribution >= 4 is 34.5 Å². The lowest BCUT2D eigenvalue weighted by Crippen LogP contribution is -2.35. The van der Waals surface area contributed by atoms with Crippen molar-refractivity contribution in [3.8, 4) is 5.75 Å². The van der Waals surface area contributed by atoms with Crippen LogP contribution in [0.1, 0.15) is 40.0 Å². The predicted molar refractivity (Wildman–Crippen MR) is 104 cm³/mol. The highest BCUT2D eigenvalue weighted by Crippen LogP contribution is 2.40. The van der Waals surface area contributed by atoms with E-state index in [0.717, 1.165) is 24.6 Å². The zero-order chi connectivity index (χ0) is 19.5. The third-order valence-corrected chi connectivity index (χ3v) is 4.89. The minimum Gasteiger partial charge on any atom is -0.505 e. The Morgan fingerprint density at radius 3 is 2.75 bits per heavy atom. The van der Waals surface area contributed by atoms with Crippen molar-refractivity contribution in [1.29, 1.82) is 0 Å². The Balaban J connectivity index is 1.81. The summed E-state index contributed by atoms with van der Waals surface area (Å²) >= 11 is 0. The number of nitrogens with one attached hydrogen (secondary N) is 1. The van der Waals surface area contributed by atoms with Gasteiger partial charge >= 0.3 is 0 Å². The number of amides is 1. The number of H-pyrrole nitrogens is 1. The molecule has 3 aromatic rings. The molecule has 2 N–H and O–H groups in total. The number of phenolic OH excluding ortho intramolecular Hbond substituents is 1. The number of likely N-dealkylation sites (tertiary alicyclic amines) is 1. The Labute approximate surface area is 160 Å². The number of aldehydes is 1. The summed E-state index contributed by atoms with van der Waals surface area (Å²) in [4.78, 5) is 25.8. The van der Waals surface area contributed by atoms with Gasteiger partial charge in [0, 0.05) is 18.5 Å². The average Bonchev–Trinajstić information content (AvgIpc) is 3.20. The summed E-state index contributed by atoms with van der Waals surface area (Å²) in [6.45, 7) is 1.36. The molecule has 1 fully saturated rings. The van der Waals surface area contributed by atoms with Crippen LogP contribution in [0.25, 0.3) is 10.8 Å². The van der Waals surface area contributed by atoms with E-state index in [1.165, 1.54) is 6.20 Å². The molecule has 2 aromatic carbocycles. The van der Waals surface area contributed by atoms with E-state index in [1.54, 1.807) is 17.0 Å². The van der Waals surface area contributed by atoms with E-state index in [4.69, 9.17) is 0 Å². The minimum atomic E-state index is -0.217. The van der Waals surface area contributed by atoms with Gasteiger partial charge in [-0.1, -0.05) is 24.3 Å². The van der Waals surface area contributed by atoms with E-state index in [1.807, 2.05) is 18.2 Å². The van der Waals surface area contributed by atoms with Crippen LogP contribution in [-0.4, -0.2) is 45.5 Å². The first-order valence-electron chi connectivity index (χ1n) is 9.13. The van der Waals surface area contributed by atoms with Gasteiger partial charge in [0.05, 0.1) is 17.3 Å². The number of benzene rings is 2. The van der Waals surface area contributed by atoms with E-state index in [0.29, 0.717) is 24.8 Å². The number of piperidine rings is 1. The van der Waals surface area contributed by atoms with Gasteiger partial charge in [-0.25, -0.2) is 0 Å². The molecule has 0 radical (unpaired) electrons. The predicted octanol–water partition coefficient (Wildman–Crippen LogP) is 4.12. The van der Waals surface area contributed by atoms with Crippen LogP contribution in [0, 0.1) is 0 Å². The number of aromatic nitrogens is 2. The standard InChI is InChI=1S/C20H19N5O3/c26-12-14-11-21-23-19(14)24-22-17-15-7-3-2-6-13(15)10-16(18(17)27)20(28)25-8-4-1-5-9-25/h2-3,6-7,10-12,27H,1,4-5,8-9H2,(H,21,23). The van der Waals surface area contributed by atoms with Crippen molar-refractivity contribution < 1.29 is 14.7 Å². The van der Waals surface area contributed by atoms with E-state index in [2.05, 4.69) is 20.4 Å². The summed E-state index contributed by atoms with van der Waals surface area (Å²) in [6, 6.07) is 9.02. The molecular formula is C20H19N5O3. The van der Waals surface area contributed by atoms with Crippen molar-refractivity contribution in [3.05, 3.63) is 47.7 Å². The Morgan fingerprint density at radius 1 is 1.18 bits per heavy atom. The van der Waals surface area contributed by atoms with Crippen LogP contribution in [0.15, 0.2) is 46.8 Å². The third kappa shape index (κ3) is 3.24. The number of carbonyl (C=O) groups excluding carboxylic acids is 2. The van der Waals surface area contributed by atoms with Gasteiger partial charge in [-0.2, -0.15) is 5.10 Å². The highest BCUT2D eigenvalue weighted by molar-refractivity contribution is 6.06. The number of hydrogen-bond donors (Lipinski definition) is 2. The largest absolute Gasteiger partial charge is 0.505 e. The molecule has 4 rings (SSSR count). The molecule has 2 heterocycles. The molecule has 0 aliphatic carbocycles. The average molecular weight is 377 g/mol. The molecule has 0 bridgehead atoms. The van der Waals surface area contributed by atoms with Gasteiger partial charge in [-0.3, -0.25) is 14.7 Å². The molecule has 1 aliphatic rings. The number of aromatic hydroxyl groups is 1. The van der Waals surface area contributed by atoms with Gasteiger partial charge in [0.15, 0.2) is 17.9 Å². The molecule has 1 aromatic heterocycles. The molecule has 0 unspecified atom stereocenters. The highest BCUT2D eigenvalue weighted by atomic mass is 16.3. The van der Waals surface area contributed by atoms with Crippen LogP contribution in [0.3, 0.4) is 0 Å². The fourth-order valence-electron chi connectivity index (χ4n) is 3.40. The first-order chi connectivity index (χ1) is 13.7. The van der Waals surface area contributed by atoms with Gasteiger partial charge in [-0.05, 0) is 30.7 Å². The molecule has 0 atom stereocenters. The lowest BCUT2D eigenvalue weighted by atomic mass is 10.0.